The van der Waals surface area contributed by atoms with Crippen molar-refractivity contribution in [3.8, 4) is 0 Å². The van der Waals surface area contributed by atoms with Crippen molar-refractivity contribution in [2.24, 2.45) is 5.92 Å². The van der Waals surface area contributed by atoms with E-state index in [4.69, 9.17) is 39.8 Å². The molecule has 0 atom stereocenters. The second-order valence-corrected chi connectivity index (χ2v) is 9.13. The third kappa shape index (κ3) is 5.29. The maximum Gasteiger partial charge on any atom is 0.255 e. The van der Waals surface area contributed by atoms with Crippen LogP contribution in [0.15, 0.2) is 36.4 Å². The van der Waals surface area contributed by atoms with Gasteiger partial charge in [-0.3, -0.25) is 4.79 Å². The summed E-state index contributed by atoms with van der Waals surface area (Å²) < 4.78 is 2.15. The maximum absolute atomic E-state index is 13.4. The van der Waals surface area contributed by atoms with Crippen LogP contribution >= 0.6 is 34.8 Å². The van der Waals surface area contributed by atoms with Crippen LogP contribution in [0.5, 0.6) is 0 Å². The van der Waals surface area contributed by atoms with E-state index in [0.29, 0.717) is 39.6 Å². The van der Waals surface area contributed by atoms with Crippen LogP contribution in [-0.4, -0.2) is 26.9 Å². The highest BCUT2D eigenvalue weighted by Gasteiger charge is 2.22. The number of nitrogens with zero attached hydrogens (tertiary/aromatic N) is 3. The van der Waals surface area contributed by atoms with Gasteiger partial charge in [0.2, 0.25) is 0 Å². The molecule has 0 saturated heterocycles. The highest BCUT2D eigenvalue weighted by Crippen LogP contribution is 2.25. The Kier molecular flexibility index (Phi) is 7.67. The van der Waals surface area contributed by atoms with Gasteiger partial charge >= 0.3 is 0 Å². The molecule has 160 valence electrons. The minimum Gasteiger partial charge on any atom is -0.331 e. The molecular formula is C23H26Cl3N3O. The fraction of sp³-hybridized carbons (Fsp3) is 0.391. The average molecular weight is 467 g/mol. The van der Waals surface area contributed by atoms with Crippen LogP contribution in [0.2, 0.25) is 15.1 Å². The number of aromatic nitrogens is 2. The summed E-state index contributed by atoms with van der Waals surface area (Å²) in [6.07, 6.45) is 1.83. The number of imidazole rings is 1. The molecule has 0 aliphatic carbocycles. The first-order chi connectivity index (χ1) is 14.3. The Morgan fingerprint density at radius 1 is 1.10 bits per heavy atom. The summed E-state index contributed by atoms with van der Waals surface area (Å²) in [7, 11) is 0. The zero-order valence-corrected chi connectivity index (χ0v) is 19.7. The number of hydrogen-bond donors (Lipinski definition) is 0. The van der Waals surface area contributed by atoms with Gasteiger partial charge in [-0.25, -0.2) is 4.98 Å². The lowest BCUT2D eigenvalue weighted by atomic mass is 10.1. The molecule has 0 unspecified atom stereocenters. The fourth-order valence-corrected chi connectivity index (χ4v) is 3.95. The second kappa shape index (κ2) is 10.0. The largest absolute Gasteiger partial charge is 0.331 e. The summed E-state index contributed by atoms with van der Waals surface area (Å²) in [4.78, 5) is 20.0. The quantitative estimate of drug-likeness (QED) is 0.355. The van der Waals surface area contributed by atoms with Gasteiger partial charge < -0.3 is 9.47 Å². The topological polar surface area (TPSA) is 38.1 Å². The van der Waals surface area contributed by atoms with Crippen molar-refractivity contribution in [2.45, 2.75) is 46.7 Å². The summed E-state index contributed by atoms with van der Waals surface area (Å²) in [6.45, 7) is 8.20. The summed E-state index contributed by atoms with van der Waals surface area (Å²) in [5.74, 6) is 1.16. The van der Waals surface area contributed by atoms with Gasteiger partial charge in [-0.2, -0.15) is 0 Å². The molecule has 4 nitrogen and oxygen atoms in total. The van der Waals surface area contributed by atoms with E-state index in [1.54, 1.807) is 18.2 Å². The van der Waals surface area contributed by atoms with E-state index in [2.05, 4.69) is 25.3 Å². The average Bonchev–Trinajstić information content (AvgIpc) is 3.03. The van der Waals surface area contributed by atoms with Crippen LogP contribution in [0.25, 0.3) is 11.0 Å². The lowest BCUT2D eigenvalue weighted by Crippen LogP contribution is -2.33. The van der Waals surface area contributed by atoms with Gasteiger partial charge in [0, 0.05) is 23.1 Å². The molecule has 1 amide bonds. The number of amides is 1. The summed E-state index contributed by atoms with van der Waals surface area (Å²) in [6, 6.07) is 10.7. The van der Waals surface area contributed by atoms with E-state index in [9.17, 15) is 4.79 Å². The fourth-order valence-electron chi connectivity index (χ4n) is 3.41. The van der Waals surface area contributed by atoms with Gasteiger partial charge in [0.1, 0.15) is 5.82 Å². The predicted molar refractivity (Wildman–Crippen MR) is 126 cm³/mol. The normalized spacial score (nSPS) is 11.4. The van der Waals surface area contributed by atoms with Crippen molar-refractivity contribution in [3.63, 3.8) is 0 Å². The molecule has 3 aromatic rings. The third-order valence-corrected chi connectivity index (χ3v) is 5.79. The number of aryl methyl sites for hydroxylation is 1. The molecule has 0 saturated carbocycles. The zero-order valence-electron chi connectivity index (χ0n) is 17.5. The number of carbonyl (C=O) groups is 1. The van der Waals surface area contributed by atoms with Crippen molar-refractivity contribution >= 4 is 51.7 Å². The molecule has 0 N–H and O–H groups in total. The summed E-state index contributed by atoms with van der Waals surface area (Å²) in [5, 5.41) is 1.55. The van der Waals surface area contributed by atoms with Gasteiger partial charge in [-0.15, -0.1) is 0 Å². The molecule has 0 aliphatic rings. The van der Waals surface area contributed by atoms with Crippen molar-refractivity contribution in [1.29, 1.82) is 0 Å². The standard InChI is InChI=1S/C23H26Cl3N3O/c1-4-10-29-21-13-17(25)6-8-20(21)27-22(29)14-28(11-9-15(2)3)23(30)18-12-16(24)5-7-19(18)26/h5-8,12-13,15H,4,9-11,14H2,1-3H3. The Bertz CT molecular complexity index is 1050. The van der Waals surface area contributed by atoms with Crippen LogP contribution in [0.3, 0.4) is 0 Å². The number of benzene rings is 2. The van der Waals surface area contributed by atoms with Gasteiger partial charge in [-0.1, -0.05) is 55.6 Å². The smallest absolute Gasteiger partial charge is 0.255 e. The zero-order chi connectivity index (χ0) is 21.8. The van der Waals surface area contributed by atoms with Crippen LogP contribution < -0.4 is 0 Å². The SMILES string of the molecule is CCCn1c(CN(CCC(C)C)C(=O)c2cc(Cl)ccc2Cl)nc2ccc(Cl)cc21. The molecule has 2 aromatic carbocycles. The highest BCUT2D eigenvalue weighted by atomic mass is 35.5. The van der Waals surface area contributed by atoms with Gasteiger partial charge in [0.15, 0.2) is 0 Å². The van der Waals surface area contributed by atoms with E-state index in [0.717, 1.165) is 36.2 Å². The predicted octanol–water partition coefficient (Wildman–Crippen LogP) is 7.10. The van der Waals surface area contributed by atoms with E-state index in [1.807, 2.05) is 23.1 Å². The van der Waals surface area contributed by atoms with E-state index in [1.165, 1.54) is 0 Å². The Balaban J connectivity index is 2.00. The van der Waals surface area contributed by atoms with E-state index >= 15 is 0 Å². The van der Waals surface area contributed by atoms with Crippen LogP contribution in [0.1, 0.15) is 49.8 Å². The lowest BCUT2D eigenvalue weighted by Gasteiger charge is -2.24. The molecule has 1 heterocycles. The summed E-state index contributed by atoms with van der Waals surface area (Å²) in [5.41, 5.74) is 2.27. The van der Waals surface area contributed by atoms with Crippen LogP contribution in [0, 0.1) is 5.92 Å². The highest BCUT2D eigenvalue weighted by molar-refractivity contribution is 6.35. The van der Waals surface area contributed by atoms with Crippen molar-refractivity contribution in [3.05, 3.63) is 62.9 Å². The first kappa shape index (κ1) is 22.9. The van der Waals surface area contributed by atoms with Crippen molar-refractivity contribution in [2.75, 3.05) is 6.54 Å². The molecule has 0 bridgehead atoms. The molecule has 0 spiro atoms. The van der Waals surface area contributed by atoms with Crippen LogP contribution in [-0.2, 0) is 13.1 Å². The first-order valence-corrected chi connectivity index (χ1v) is 11.3. The monoisotopic (exact) mass is 465 g/mol. The minimum absolute atomic E-state index is 0.142. The molecule has 7 heteroatoms. The van der Waals surface area contributed by atoms with Gasteiger partial charge in [-0.05, 0) is 55.2 Å². The van der Waals surface area contributed by atoms with Gasteiger partial charge in [0.25, 0.3) is 5.91 Å². The number of rotatable bonds is 8. The molecule has 30 heavy (non-hydrogen) atoms. The lowest BCUT2D eigenvalue weighted by molar-refractivity contribution is 0.0729. The Labute approximate surface area is 192 Å². The summed E-state index contributed by atoms with van der Waals surface area (Å²) >= 11 is 18.7. The van der Waals surface area contributed by atoms with E-state index < -0.39 is 0 Å². The number of halogens is 3. The van der Waals surface area contributed by atoms with Crippen LogP contribution in [0.4, 0.5) is 0 Å². The van der Waals surface area contributed by atoms with Gasteiger partial charge in [0.05, 0.1) is 28.2 Å². The molecule has 0 fully saturated rings. The van der Waals surface area contributed by atoms with Crippen molar-refractivity contribution in [1.82, 2.24) is 14.5 Å². The van der Waals surface area contributed by atoms with E-state index in [-0.39, 0.29) is 5.91 Å². The number of fused-ring (bicyclic) bond motifs is 1. The Morgan fingerprint density at radius 3 is 2.50 bits per heavy atom. The second-order valence-electron chi connectivity index (χ2n) is 7.85. The molecule has 0 aliphatic heterocycles. The minimum atomic E-state index is -0.142. The maximum atomic E-state index is 13.4. The Hall–Kier alpha value is -1.75. The Morgan fingerprint density at radius 2 is 1.80 bits per heavy atom. The van der Waals surface area contributed by atoms with Crippen molar-refractivity contribution < 1.29 is 4.79 Å². The molecule has 0 radical (unpaired) electrons. The molecular weight excluding hydrogens is 441 g/mol. The number of hydrogen-bond acceptors (Lipinski definition) is 2. The number of carbonyl (C=O) groups excluding carboxylic acids is 1. The first-order valence-electron chi connectivity index (χ1n) is 10.2. The third-order valence-electron chi connectivity index (χ3n) is 4.99. The molecule has 1 aromatic heterocycles. The molecule has 3 rings (SSSR count).